The lowest BCUT2D eigenvalue weighted by Gasteiger charge is -2.15. The van der Waals surface area contributed by atoms with Crippen molar-refractivity contribution in [2.24, 2.45) is 0 Å². The molecule has 2 nitrogen and oxygen atoms in total. The van der Waals surface area contributed by atoms with E-state index in [9.17, 15) is 0 Å². The van der Waals surface area contributed by atoms with Crippen molar-refractivity contribution >= 4 is 13.8 Å². The fourth-order valence-corrected chi connectivity index (χ4v) is 2.80. The van der Waals surface area contributed by atoms with Crippen LogP contribution in [-0.2, 0) is 0 Å². The van der Waals surface area contributed by atoms with Crippen LogP contribution in [0.3, 0.4) is 0 Å². The first-order valence-corrected chi connectivity index (χ1v) is 9.60. The molecule has 0 aliphatic rings. The third kappa shape index (κ3) is 5.21. The van der Waals surface area contributed by atoms with Crippen LogP contribution in [0.2, 0.25) is 25.7 Å². The number of ether oxygens (including phenoxy) is 1. The molecule has 3 heteroatoms. The van der Waals surface area contributed by atoms with Crippen molar-refractivity contribution in [1.29, 1.82) is 0 Å². The van der Waals surface area contributed by atoms with Gasteiger partial charge in [0.1, 0.15) is 5.75 Å². The Morgan fingerprint density at radius 3 is 2.25 bits per heavy atom. The lowest BCUT2D eigenvalue weighted by atomic mass is 10.3. The fourth-order valence-electron chi connectivity index (χ4n) is 1.56. The van der Waals surface area contributed by atoms with Crippen molar-refractivity contribution in [3.63, 3.8) is 0 Å². The Morgan fingerprint density at radius 2 is 1.75 bits per heavy atom. The molecule has 0 spiro atoms. The molecular formula is C13H23NOSi. The highest BCUT2D eigenvalue weighted by Crippen LogP contribution is 2.16. The number of rotatable bonds is 6. The van der Waals surface area contributed by atoms with Gasteiger partial charge in [0.05, 0.1) is 7.11 Å². The van der Waals surface area contributed by atoms with Crippen molar-refractivity contribution in [2.75, 3.05) is 19.0 Å². The van der Waals surface area contributed by atoms with Crippen LogP contribution >= 0.6 is 0 Å². The van der Waals surface area contributed by atoms with Crippen LogP contribution in [-0.4, -0.2) is 21.7 Å². The second-order valence-corrected chi connectivity index (χ2v) is 10.9. The zero-order chi connectivity index (χ0) is 12.0. The van der Waals surface area contributed by atoms with Crippen LogP contribution in [0.1, 0.15) is 6.42 Å². The predicted molar refractivity (Wildman–Crippen MR) is 74.3 cm³/mol. The molecule has 1 N–H and O–H groups in total. The first-order chi connectivity index (χ1) is 7.51. The largest absolute Gasteiger partial charge is 0.497 e. The molecule has 1 aromatic rings. The predicted octanol–water partition coefficient (Wildman–Crippen LogP) is 3.84. The van der Waals surface area contributed by atoms with Crippen LogP contribution in [0.4, 0.5) is 5.69 Å². The summed E-state index contributed by atoms with van der Waals surface area (Å²) >= 11 is 0. The molecule has 1 rings (SSSR count). The summed E-state index contributed by atoms with van der Waals surface area (Å²) in [6.07, 6.45) is 1.27. The number of hydrogen-bond acceptors (Lipinski definition) is 2. The van der Waals surface area contributed by atoms with E-state index in [0.29, 0.717) is 0 Å². The Hall–Kier alpha value is -0.963. The fraction of sp³-hybridized carbons (Fsp3) is 0.538. The molecule has 0 aromatic heterocycles. The summed E-state index contributed by atoms with van der Waals surface area (Å²) < 4.78 is 5.12. The standard InChI is InChI=1S/C13H23NOSi/c1-15-13-8-6-12(7-9-13)14-10-5-11-16(2,3)4/h6-9,14H,5,10-11H2,1-4H3. The van der Waals surface area contributed by atoms with Gasteiger partial charge in [-0.2, -0.15) is 0 Å². The summed E-state index contributed by atoms with van der Waals surface area (Å²) in [5.41, 5.74) is 1.18. The maximum Gasteiger partial charge on any atom is 0.119 e. The van der Waals surface area contributed by atoms with Gasteiger partial charge in [0.25, 0.3) is 0 Å². The minimum absolute atomic E-state index is 0.870. The van der Waals surface area contributed by atoms with Gasteiger partial charge in [0, 0.05) is 20.3 Å². The van der Waals surface area contributed by atoms with E-state index in [1.807, 2.05) is 12.1 Å². The number of hydrogen-bond donors (Lipinski definition) is 1. The van der Waals surface area contributed by atoms with Crippen LogP contribution in [0.15, 0.2) is 24.3 Å². The maximum atomic E-state index is 5.12. The second kappa shape index (κ2) is 5.94. The Bertz CT molecular complexity index is 303. The van der Waals surface area contributed by atoms with Crippen molar-refractivity contribution < 1.29 is 4.74 Å². The van der Waals surface area contributed by atoms with Crippen LogP contribution in [0, 0.1) is 0 Å². The third-order valence-corrected chi connectivity index (χ3v) is 4.38. The van der Waals surface area contributed by atoms with Crippen LogP contribution < -0.4 is 10.1 Å². The Labute approximate surface area is 100 Å². The normalized spacial score (nSPS) is 11.2. The van der Waals surface area contributed by atoms with Crippen molar-refractivity contribution in [2.45, 2.75) is 32.1 Å². The van der Waals surface area contributed by atoms with E-state index in [4.69, 9.17) is 4.74 Å². The highest BCUT2D eigenvalue weighted by atomic mass is 28.3. The molecule has 0 saturated carbocycles. The van der Waals surface area contributed by atoms with E-state index in [2.05, 4.69) is 37.1 Å². The van der Waals surface area contributed by atoms with Gasteiger partial charge in [-0.05, 0) is 30.7 Å². The van der Waals surface area contributed by atoms with E-state index in [1.165, 1.54) is 18.2 Å². The molecule has 0 heterocycles. The number of methoxy groups -OCH3 is 1. The van der Waals surface area contributed by atoms with Gasteiger partial charge >= 0.3 is 0 Å². The Kier molecular flexibility index (Phi) is 4.87. The second-order valence-electron chi connectivity index (χ2n) is 5.32. The number of anilines is 1. The first-order valence-electron chi connectivity index (χ1n) is 5.89. The van der Waals surface area contributed by atoms with E-state index in [-0.39, 0.29) is 0 Å². The van der Waals surface area contributed by atoms with Crippen LogP contribution in [0.25, 0.3) is 0 Å². The molecule has 0 aliphatic heterocycles. The van der Waals surface area contributed by atoms with Crippen molar-refractivity contribution in [3.05, 3.63) is 24.3 Å². The van der Waals surface area contributed by atoms with Gasteiger partial charge in [-0.3, -0.25) is 0 Å². The van der Waals surface area contributed by atoms with Gasteiger partial charge in [0.15, 0.2) is 0 Å². The summed E-state index contributed by atoms with van der Waals surface area (Å²) in [6.45, 7) is 8.32. The molecule has 0 bridgehead atoms. The molecule has 16 heavy (non-hydrogen) atoms. The molecule has 0 amide bonds. The molecule has 90 valence electrons. The summed E-state index contributed by atoms with van der Waals surface area (Å²) in [6, 6.07) is 9.48. The SMILES string of the molecule is COc1ccc(NCCC[Si](C)(C)C)cc1. The molecule has 0 atom stereocenters. The lowest BCUT2D eigenvalue weighted by Crippen LogP contribution is -2.20. The summed E-state index contributed by atoms with van der Waals surface area (Å²) in [7, 11) is 0.821. The average molecular weight is 237 g/mol. The molecule has 0 unspecified atom stereocenters. The van der Waals surface area contributed by atoms with Gasteiger partial charge in [-0.25, -0.2) is 0 Å². The van der Waals surface area contributed by atoms with Gasteiger partial charge in [-0.15, -0.1) is 0 Å². The van der Waals surface area contributed by atoms with E-state index >= 15 is 0 Å². The zero-order valence-electron chi connectivity index (χ0n) is 10.8. The van der Waals surface area contributed by atoms with Crippen molar-refractivity contribution in [3.8, 4) is 5.75 Å². The number of benzene rings is 1. The minimum Gasteiger partial charge on any atom is -0.497 e. The molecule has 0 radical (unpaired) electrons. The molecule has 0 saturated heterocycles. The topological polar surface area (TPSA) is 21.3 Å². The molecule has 1 aromatic carbocycles. The monoisotopic (exact) mass is 237 g/mol. The van der Waals surface area contributed by atoms with E-state index in [1.54, 1.807) is 7.11 Å². The van der Waals surface area contributed by atoms with Gasteiger partial charge in [0.2, 0.25) is 0 Å². The van der Waals surface area contributed by atoms with E-state index in [0.717, 1.165) is 12.3 Å². The molecule has 0 fully saturated rings. The molecular weight excluding hydrogens is 214 g/mol. The van der Waals surface area contributed by atoms with Gasteiger partial charge < -0.3 is 10.1 Å². The summed E-state index contributed by atoms with van der Waals surface area (Å²) in [5.74, 6) is 0.910. The third-order valence-electron chi connectivity index (χ3n) is 2.52. The number of nitrogens with one attached hydrogen (secondary N) is 1. The zero-order valence-corrected chi connectivity index (χ0v) is 11.8. The highest BCUT2D eigenvalue weighted by Gasteiger charge is 2.11. The highest BCUT2D eigenvalue weighted by molar-refractivity contribution is 6.76. The first kappa shape index (κ1) is 13.1. The Balaban J connectivity index is 2.27. The van der Waals surface area contributed by atoms with Gasteiger partial charge in [-0.1, -0.05) is 25.7 Å². The van der Waals surface area contributed by atoms with Crippen LogP contribution in [0.5, 0.6) is 5.75 Å². The van der Waals surface area contributed by atoms with E-state index < -0.39 is 8.07 Å². The molecule has 0 aliphatic carbocycles. The summed E-state index contributed by atoms with van der Waals surface area (Å²) in [4.78, 5) is 0. The smallest absolute Gasteiger partial charge is 0.119 e. The maximum absolute atomic E-state index is 5.12. The lowest BCUT2D eigenvalue weighted by molar-refractivity contribution is 0.415. The van der Waals surface area contributed by atoms with Crippen molar-refractivity contribution in [1.82, 2.24) is 0 Å². The Morgan fingerprint density at radius 1 is 1.12 bits per heavy atom. The average Bonchev–Trinajstić information content (AvgIpc) is 2.24. The summed E-state index contributed by atoms with van der Waals surface area (Å²) in [5, 5.41) is 3.44. The quantitative estimate of drug-likeness (QED) is 0.599. The minimum atomic E-state index is -0.870.